The van der Waals surface area contributed by atoms with Gasteiger partial charge >= 0.3 is 0 Å². The summed E-state index contributed by atoms with van der Waals surface area (Å²) in [6.07, 6.45) is 2.78. The number of likely N-dealkylation sites (N-methyl/N-ethyl adjacent to an activating group) is 1. The number of carbonyl (C=O) groups excluding carboxylic acids is 1. The van der Waals surface area contributed by atoms with Crippen LogP contribution in [0.2, 0.25) is 0 Å². The molecular formula is C15H21N3O2. The van der Waals surface area contributed by atoms with Crippen LogP contribution in [0.15, 0.2) is 24.4 Å². The van der Waals surface area contributed by atoms with Crippen LogP contribution < -0.4 is 10.5 Å². The highest BCUT2D eigenvalue weighted by Crippen LogP contribution is 2.26. The normalized spacial score (nSPS) is 11.2. The van der Waals surface area contributed by atoms with E-state index >= 15 is 0 Å². The van der Waals surface area contributed by atoms with Crippen molar-refractivity contribution in [2.75, 3.05) is 34.3 Å². The first kappa shape index (κ1) is 14.6. The molecule has 5 heteroatoms. The summed E-state index contributed by atoms with van der Waals surface area (Å²) in [5.41, 5.74) is 7.49. The number of ether oxygens (including phenoxy) is 1. The van der Waals surface area contributed by atoms with Gasteiger partial charge in [-0.2, -0.15) is 0 Å². The topological polar surface area (TPSA) is 60.5 Å². The van der Waals surface area contributed by atoms with Crippen molar-refractivity contribution in [3.8, 4) is 5.75 Å². The second-order valence-electron chi connectivity index (χ2n) is 5.06. The summed E-state index contributed by atoms with van der Waals surface area (Å²) in [6, 6.07) is 5.79. The molecule has 1 aromatic carbocycles. The predicted molar refractivity (Wildman–Crippen MR) is 80.4 cm³/mol. The molecule has 2 rings (SSSR count). The molecule has 0 atom stereocenters. The third-order valence-corrected chi connectivity index (χ3v) is 3.37. The van der Waals surface area contributed by atoms with Crippen molar-refractivity contribution >= 4 is 16.8 Å². The highest BCUT2D eigenvalue weighted by molar-refractivity contribution is 5.95. The summed E-state index contributed by atoms with van der Waals surface area (Å²) in [5.74, 6) is 0.625. The fraction of sp³-hybridized carbons (Fsp3) is 0.400. The molecule has 0 aliphatic rings. The van der Waals surface area contributed by atoms with Crippen LogP contribution >= 0.6 is 0 Å². The second-order valence-corrected chi connectivity index (χ2v) is 5.06. The van der Waals surface area contributed by atoms with Gasteiger partial charge in [0, 0.05) is 24.2 Å². The van der Waals surface area contributed by atoms with Gasteiger partial charge in [0.25, 0.3) is 0 Å². The van der Waals surface area contributed by atoms with Gasteiger partial charge in [0.2, 0.25) is 5.91 Å². The van der Waals surface area contributed by atoms with Gasteiger partial charge in [0.1, 0.15) is 5.75 Å². The highest BCUT2D eigenvalue weighted by Gasteiger charge is 2.13. The number of hydrogen-bond acceptors (Lipinski definition) is 4. The lowest BCUT2D eigenvalue weighted by molar-refractivity contribution is 0.0928. The number of benzene rings is 1. The predicted octanol–water partition coefficient (Wildman–Crippen LogP) is 1.35. The molecule has 0 amide bonds. The molecule has 0 unspecified atom stereocenters. The van der Waals surface area contributed by atoms with E-state index in [0.29, 0.717) is 0 Å². The van der Waals surface area contributed by atoms with Crippen LogP contribution in [0, 0.1) is 0 Å². The van der Waals surface area contributed by atoms with Gasteiger partial charge in [-0.25, -0.2) is 0 Å². The fourth-order valence-corrected chi connectivity index (χ4v) is 2.25. The molecule has 0 aliphatic heterocycles. The number of hydrogen-bond donors (Lipinski definition) is 1. The van der Waals surface area contributed by atoms with Crippen molar-refractivity contribution in [1.82, 2.24) is 9.47 Å². The number of nitrogens with zero attached hydrogens (tertiary/aromatic N) is 2. The smallest absolute Gasteiger partial charge is 0.244 e. The molecule has 0 bridgehead atoms. The van der Waals surface area contributed by atoms with Gasteiger partial charge in [-0.3, -0.25) is 9.36 Å². The van der Waals surface area contributed by atoms with Crippen LogP contribution in [0.25, 0.3) is 10.9 Å². The lowest BCUT2D eigenvalue weighted by Gasteiger charge is -2.08. The molecule has 2 N–H and O–H groups in total. The zero-order chi connectivity index (χ0) is 14.7. The highest BCUT2D eigenvalue weighted by atomic mass is 16.5. The van der Waals surface area contributed by atoms with E-state index in [0.717, 1.165) is 35.2 Å². The Hall–Kier alpha value is -1.85. The van der Waals surface area contributed by atoms with Gasteiger partial charge in [0.05, 0.1) is 19.2 Å². The summed E-state index contributed by atoms with van der Waals surface area (Å²) in [7, 11) is 5.69. The Balaban J connectivity index is 2.50. The van der Waals surface area contributed by atoms with Crippen LogP contribution in [0.5, 0.6) is 5.75 Å². The molecule has 20 heavy (non-hydrogen) atoms. The maximum atomic E-state index is 12.0. The molecular weight excluding hydrogens is 254 g/mol. The molecule has 0 radical (unpaired) electrons. The summed E-state index contributed by atoms with van der Waals surface area (Å²) < 4.78 is 6.86. The van der Waals surface area contributed by atoms with E-state index in [4.69, 9.17) is 10.5 Å². The number of aromatic nitrogens is 1. The molecule has 0 fully saturated rings. The van der Waals surface area contributed by atoms with Gasteiger partial charge in [-0.15, -0.1) is 0 Å². The van der Waals surface area contributed by atoms with Crippen molar-refractivity contribution in [2.45, 2.75) is 6.42 Å². The van der Waals surface area contributed by atoms with Gasteiger partial charge < -0.3 is 15.4 Å². The summed E-state index contributed by atoms with van der Waals surface area (Å²) in [4.78, 5) is 14.1. The van der Waals surface area contributed by atoms with Crippen LogP contribution in [0.4, 0.5) is 0 Å². The van der Waals surface area contributed by atoms with Gasteiger partial charge in [0.15, 0.2) is 0 Å². The third-order valence-electron chi connectivity index (χ3n) is 3.37. The van der Waals surface area contributed by atoms with Crippen molar-refractivity contribution in [3.63, 3.8) is 0 Å². The van der Waals surface area contributed by atoms with Crippen molar-refractivity contribution in [1.29, 1.82) is 0 Å². The fourth-order valence-electron chi connectivity index (χ4n) is 2.25. The van der Waals surface area contributed by atoms with Crippen LogP contribution in [0.3, 0.4) is 0 Å². The van der Waals surface area contributed by atoms with E-state index in [9.17, 15) is 4.79 Å². The Kier molecular flexibility index (Phi) is 4.42. The summed E-state index contributed by atoms with van der Waals surface area (Å²) in [6.45, 7) is 0.927. The first-order valence-electron chi connectivity index (χ1n) is 6.62. The average Bonchev–Trinajstić information content (AvgIpc) is 2.82. The Labute approximate surface area is 118 Å². The molecule has 0 spiro atoms. The van der Waals surface area contributed by atoms with E-state index in [1.165, 1.54) is 0 Å². The molecule has 0 saturated heterocycles. The average molecular weight is 275 g/mol. The Morgan fingerprint density at radius 3 is 2.75 bits per heavy atom. The molecule has 1 aromatic heterocycles. The minimum atomic E-state index is -0.112. The van der Waals surface area contributed by atoms with Gasteiger partial charge in [-0.1, -0.05) is 0 Å². The Morgan fingerprint density at radius 1 is 1.40 bits per heavy atom. The number of carbonyl (C=O) groups is 1. The maximum absolute atomic E-state index is 12.0. The molecule has 5 nitrogen and oxygen atoms in total. The van der Waals surface area contributed by atoms with Crippen LogP contribution in [0.1, 0.15) is 10.4 Å². The molecule has 2 aromatic rings. The number of rotatable bonds is 5. The van der Waals surface area contributed by atoms with Crippen LogP contribution in [-0.2, 0) is 6.42 Å². The standard InChI is InChI=1S/C15H21N3O2/c1-17(2)7-6-11-10-18(15(19)9-16)14-8-12(20-3)4-5-13(11)14/h4-5,8,10H,6-7,9,16H2,1-3H3. The minimum Gasteiger partial charge on any atom is -0.497 e. The van der Waals surface area contributed by atoms with Crippen molar-refractivity contribution in [2.24, 2.45) is 5.73 Å². The second kappa shape index (κ2) is 6.07. The minimum absolute atomic E-state index is 0.00584. The lowest BCUT2D eigenvalue weighted by Crippen LogP contribution is -2.20. The summed E-state index contributed by atoms with van der Waals surface area (Å²) in [5, 5.41) is 1.08. The van der Waals surface area contributed by atoms with Crippen molar-refractivity contribution in [3.05, 3.63) is 30.0 Å². The first-order valence-corrected chi connectivity index (χ1v) is 6.62. The van der Waals surface area contributed by atoms with E-state index in [1.54, 1.807) is 11.7 Å². The third kappa shape index (κ3) is 2.84. The first-order chi connectivity index (χ1) is 9.56. The number of methoxy groups -OCH3 is 1. The van der Waals surface area contributed by atoms with E-state index in [-0.39, 0.29) is 12.5 Å². The lowest BCUT2D eigenvalue weighted by atomic mass is 10.1. The zero-order valence-electron chi connectivity index (χ0n) is 12.2. The molecule has 0 aliphatic carbocycles. The van der Waals surface area contributed by atoms with Crippen LogP contribution in [-0.4, -0.2) is 49.7 Å². The number of nitrogens with two attached hydrogens (primary N) is 1. The van der Waals surface area contributed by atoms with E-state index in [1.807, 2.05) is 38.5 Å². The van der Waals surface area contributed by atoms with E-state index < -0.39 is 0 Å². The largest absolute Gasteiger partial charge is 0.497 e. The maximum Gasteiger partial charge on any atom is 0.244 e. The molecule has 0 saturated carbocycles. The molecule has 1 heterocycles. The Bertz CT molecular complexity index is 617. The van der Waals surface area contributed by atoms with Gasteiger partial charge in [-0.05, 0) is 38.2 Å². The van der Waals surface area contributed by atoms with Crippen molar-refractivity contribution < 1.29 is 9.53 Å². The Morgan fingerprint density at radius 2 is 2.15 bits per heavy atom. The molecule has 108 valence electrons. The monoisotopic (exact) mass is 275 g/mol. The van der Waals surface area contributed by atoms with E-state index in [2.05, 4.69) is 4.90 Å². The quantitative estimate of drug-likeness (QED) is 0.895. The summed E-state index contributed by atoms with van der Waals surface area (Å²) >= 11 is 0. The number of fused-ring (bicyclic) bond motifs is 1. The SMILES string of the molecule is COc1ccc2c(CCN(C)C)cn(C(=O)CN)c2c1. The zero-order valence-corrected chi connectivity index (χ0v) is 12.2.